The molecule has 0 unspecified atom stereocenters. The van der Waals surface area contributed by atoms with E-state index in [0.717, 1.165) is 6.07 Å². The Kier molecular flexibility index (Phi) is 6.87. The van der Waals surface area contributed by atoms with Crippen molar-refractivity contribution in [2.75, 3.05) is 7.11 Å². The summed E-state index contributed by atoms with van der Waals surface area (Å²) in [6.07, 6.45) is 0. The minimum absolute atomic E-state index is 0. The second-order valence-electron chi connectivity index (χ2n) is 4.74. The number of methoxy groups -OCH3 is 1. The van der Waals surface area contributed by atoms with Crippen molar-refractivity contribution in [1.29, 1.82) is 0 Å². The molecule has 0 aromatic carbocycles. The largest absolute Gasteiger partial charge is 0.465 e. The van der Waals surface area contributed by atoms with Crippen molar-refractivity contribution < 1.29 is 22.4 Å². The van der Waals surface area contributed by atoms with Gasteiger partial charge in [0, 0.05) is 18.7 Å². The van der Waals surface area contributed by atoms with Gasteiger partial charge in [-0.05, 0) is 6.92 Å². The highest BCUT2D eigenvalue weighted by atomic mass is 35.5. The summed E-state index contributed by atoms with van der Waals surface area (Å²) in [7, 11) is -2.88. The number of aromatic nitrogens is 2. The molecule has 0 atom stereocenters. The number of nitrogens with two attached hydrogens (primary N) is 1. The predicted octanol–water partition coefficient (Wildman–Crippen LogP) is -0.183. The minimum atomic E-state index is -4.05. The third-order valence-electron chi connectivity index (χ3n) is 3.05. The molecule has 0 aliphatic heterocycles. The van der Waals surface area contributed by atoms with Crippen molar-refractivity contribution in [3.63, 3.8) is 0 Å². The van der Waals surface area contributed by atoms with Crippen LogP contribution in [0.3, 0.4) is 0 Å². The number of carbonyl (C=O) groups is 1. The number of furan rings is 1. The SMILES string of the molecule is COC(=O)c1cc(S(=O)(=O)NCc2nc(CN)cc(=O)[nH]2)oc1C.Cl. The van der Waals surface area contributed by atoms with Crippen LogP contribution in [-0.2, 0) is 27.8 Å². The highest BCUT2D eigenvalue weighted by Gasteiger charge is 2.24. The molecule has 0 bridgehead atoms. The topological polar surface area (TPSA) is 157 Å². The Bertz CT molecular complexity index is 921. The molecule has 0 saturated carbocycles. The number of sulfonamides is 1. The molecule has 2 rings (SSSR count). The Hall–Kier alpha value is -2.21. The fraction of sp³-hybridized carbons (Fsp3) is 0.308. The highest BCUT2D eigenvalue weighted by molar-refractivity contribution is 7.89. The number of H-pyrrole nitrogens is 1. The van der Waals surface area contributed by atoms with Crippen LogP contribution in [0.1, 0.15) is 27.6 Å². The lowest BCUT2D eigenvalue weighted by Crippen LogP contribution is -2.26. The lowest BCUT2D eigenvalue weighted by atomic mass is 10.3. The average Bonchev–Trinajstić information content (AvgIpc) is 2.94. The number of ether oxygens (including phenoxy) is 1. The maximum absolute atomic E-state index is 12.2. The smallest absolute Gasteiger partial charge is 0.341 e. The molecule has 2 heterocycles. The summed E-state index contributed by atoms with van der Waals surface area (Å²) in [5.74, 6) is -0.499. The molecule has 12 heteroatoms. The Morgan fingerprint density at radius 2 is 2.12 bits per heavy atom. The van der Waals surface area contributed by atoms with Gasteiger partial charge in [-0.3, -0.25) is 4.79 Å². The van der Waals surface area contributed by atoms with Crippen molar-refractivity contribution in [2.45, 2.75) is 25.1 Å². The summed E-state index contributed by atoms with van der Waals surface area (Å²) in [5, 5.41) is -0.447. The lowest BCUT2D eigenvalue weighted by molar-refractivity contribution is 0.0598. The molecule has 0 amide bonds. The van der Waals surface area contributed by atoms with Crippen LogP contribution in [0.15, 0.2) is 26.4 Å². The van der Waals surface area contributed by atoms with E-state index in [4.69, 9.17) is 10.2 Å². The minimum Gasteiger partial charge on any atom is -0.465 e. The van der Waals surface area contributed by atoms with Crippen molar-refractivity contribution in [1.82, 2.24) is 14.7 Å². The molecule has 10 nitrogen and oxygen atoms in total. The summed E-state index contributed by atoms with van der Waals surface area (Å²) >= 11 is 0. The number of nitrogens with one attached hydrogen (secondary N) is 2. The van der Waals surface area contributed by atoms with Crippen LogP contribution in [-0.4, -0.2) is 31.5 Å². The Balaban J connectivity index is 0.00000312. The number of carbonyl (C=O) groups excluding carboxylic acids is 1. The second kappa shape index (κ2) is 8.25. The lowest BCUT2D eigenvalue weighted by Gasteiger charge is -2.05. The maximum Gasteiger partial charge on any atom is 0.341 e. The summed E-state index contributed by atoms with van der Waals surface area (Å²) in [6, 6.07) is 2.28. The number of nitrogens with zero attached hydrogens (tertiary/aromatic N) is 1. The highest BCUT2D eigenvalue weighted by Crippen LogP contribution is 2.19. The molecule has 0 saturated heterocycles. The summed E-state index contributed by atoms with van der Waals surface area (Å²) in [6.45, 7) is 1.21. The van der Waals surface area contributed by atoms with Gasteiger partial charge in [0.25, 0.3) is 15.6 Å². The van der Waals surface area contributed by atoms with E-state index in [-0.39, 0.29) is 42.6 Å². The zero-order valence-corrected chi connectivity index (χ0v) is 15.0. The van der Waals surface area contributed by atoms with Gasteiger partial charge in [-0.2, -0.15) is 0 Å². The van der Waals surface area contributed by atoms with E-state index < -0.39 is 26.6 Å². The molecule has 138 valence electrons. The van der Waals surface area contributed by atoms with Crippen molar-refractivity contribution >= 4 is 28.4 Å². The second-order valence-corrected chi connectivity index (χ2v) is 6.44. The van der Waals surface area contributed by atoms with Crippen LogP contribution >= 0.6 is 12.4 Å². The number of rotatable bonds is 6. The average molecular weight is 393 g/mol. The maximum atomic E-state index is 12.2. The predicted molar refractivity (Wildman–Crippen MR) is 88.8 cm³/mol. The number of hydrogen-bond donors (Lipinski definition) is 3. The van der Waals surface area contributed by atoms with Gasteiger partial charge in [-0.15, -0.1) is 12.4 Å². The monoisotopic (exact) mass is 392 g/mol. The van der Waals surface area contributed by atoms with E-state index in [2.05, 4.69) is 19.4 Å². The Morgan fingerprint density at radius 3 is 2.72 bits per heavy atom. The molecular weight excluding hydrogens is 376 g/mol. The summed E-state index contributed by atoms with van der Waals surface area (Å²) in [5.41, 5.74) is 5.30. The Morgan fingerprint density at radius 1 is 1.44 bits per heavy atom. The zero-order valence-electron chi connectivity index (χ0n) is 13.4. The van der Waals surface area contributed by atoms with E-state index in [9.17, 15) is 18.0 Å². The third-order valence-corrected chi connectivity index (χ3v) is 4.30. The first-order valence-electron chi connectivity index (χ1n) is 6.74. The van der Waals surface area contributed by atoms with Crippen LogP contribution < -0.4 is 16.0 Å². The molecule has 0 spiro atoms. The van der Waals surface area contributed by atoms with Crippen LogP contribution in [0, 0.1) is 6.92 Å². The molecule has 2 aromatic rings. The van der Waals surface area contributed by atoms with Gasteiger partial charge in [0.05, 0.1) is 19.3 Å². The van der Waals surface area contributed by atoms with Crippen LogP contribution in [0.2, 0.25) is 0 Å². The molecular formula is C13H17ClN4O6S. The molecule has 2 aromatic heterocycles. The summed E-state index contributed by atoms with van der Waals surface area (Å²) < 4.78 is 36.3. The fourth-order valence-corrected chi connectivity index (χ4v) is 2.86. The van der Waals surface area contributed by atoms with Crippen molar-refractivity contribution in [2.24, 2.45) is 5.73 Å². The number of hydrogen-bond acceptors (Lipinski definition) is 8. The number of halogens is 1. The van der Waals surface area contributed by atoms with E-state index in [1.54, 1.807) is 0 Å². The first-order valence-corrected chi connectivity index (χ1v) is 8.22. The van der Waals surface area contributed by atoms with Crippen molar-refractivity contribution in [3.8, 4) is 0 Å². The van der Waals surface area contributed by atoms with Gasteiger partial charge in [0.1, 0.15) is 17.1 Å². The fourth-order valence-electron chi connectivity index (χ4n) is 1.89. The standard InChI is InChI=1S/C13H16N4O6S.ClH/c1-7-9(13(19)22-2)4-12(23-7)24(20,21)15-6-10-16-8(5-14)3-11(18)17-10;/h3-4,15H,5-6,14H2,1-2H3,(H,16,17,18);1H. The molecule has 4 N–H and O–H groups in total. The normalized spacial score (nSPS) is 11.0. The van der Waals surface area contributed by atoms with Crippen LogP contribution in [0.5, 0.6) is 0 Å². The molecule has 0 aliphatic rings. The van der Waals surface area contributed by atoms with Gasteiger partial charge in [-0.25, -0.2) is 22.9 Å². The van der Waals surface area contributed by atoms with Gasteiger partial charge >= 0.3 is 5.97 Å². The van der Waals surface area contributed by atoms with Crippen LogP contribution in [0.4, 0.5) is 0 Å². The van der Waals surface area contributed by atoms with Gasteiger partial charge in [0.2, 0.25) is 5.09 Å². The molecule has 25 heavy (non-hydrogen) atoms. The number of esters is 1. The zero-order chi connectivity index (χ0) is 17.9. The quantitative estimate of drug-likeness (QED) is 0.571. The number of aromatic amines is 1. The molecule has 0 aliphatic carbocycles. The Labute approximate surface area is 149 Å². The first-order chi connectivity index (χ1) is 11.3. The molecule has 0 radical (unpaired) electrons. The van der Waals surface area contributed by atoms with Gasteiger partial charge in [-0.1, -0.05) is 0 Å². The van der Waals surface area contributed by atoms with Crippen LogP contribution in [0.25, 0.3) is 0 Å². The van der Waals surface area contributed by atoms with E-state index in [0.29, 0.717) is 5.69 Å². The third kappa shape index (κ3) is 4.89. The van der Waals surface area contributed by atoms with Gasteiger partial charge in [0.15, 0.2) is 0 Å². The van der Waals surface area contributed by atoms with E-state index >= 15 is 0 Å². The van der Waals surface area contributed by atoms with E-state index in [1.165, 1.54) is 20.1 Å². The van der Waals surface area contributed by atoms with E-state index in [1.807, 2.05) is 0 Å². The number of aryl methyl sites for hydroxylation is 1. The first kappa shape index (κ1) is 20.8. The van der Waals surface area contributed by atoms with Gasteiger partial charge < -0.3 is 19.9 Å². The van der Waals surface area contributed by atoms with Crippen molar-refractivity contribution in [3.05, 3.63) is 45.3 Å². The molecule has 0 fully saturated rings. The summed E-state index contributed by atoms with van der Waals surface area (Å²) in [4.78, 5) is 29.3.